The van der Waals surface area contributed by atoms with Crippen LogP contribution in [0.1, 0.15) is 52.1 Å². The van der Waals surface area contributed by atoms with Crippen LogP contribution in [0.3, 0.4) is 0 Å². The fourth-order valence-electron chi connectivity index (χ4n) is 12.8. The molecule has 358 valence electrons. The highest BCUT2D eigenvalue weighted by atomic mass is 28.3. The molecule has 5 heteroatoms. The maximum absolute atomic E-state index is 9.87. The normalized spacial score (nSPS) is 15.2. The molecule has 76 heavy (non-hydrogen) atoms. The minimum Gasteiger partial charge on any atom is -0.208 e. The van der Waals surface area contributed by atoms with Gasteiger partial charge in [0, 0.05) is 28.5 Å². The van der Waals surface area contributed by atoms with Crippen molar-refractivity contribution < 1.29 is 6.85 Å². The standard InChI is InChI=1S/C71H51N3Si2/c1-8-27-50(28-9-1)69-72-70(51-29-24-42-58(49-51)75(52-30-10-2-11-31-52,53-32-12-3-13-33-53)54-34-14-4-15-35-54)74-71(73-69)63-47-25-45-61-65-59-43-22-23-44-60(59)68(66(61)63)67-62(65)46-26-48-64(67)76(55-36-16-5-17-37-55,56-38-18-6-19-39-56)57-40-20-7-21-41-57/h1-49,65,68H/i5D,16D,17D,36D,37D. The number of nitrogens with zero attached hydrogens (tertiary/aromatic N) is 3. The largest absolute Gasteiger partial charge is 0.208 e. The predicted molar refractivity (Wildman–Crippen MR) is 318 cm³/mol. The highest BCUT2D eigenvalue weighted by Crippen LogP contribution is 2.57. The molecule has 2 bridgehead atoms. The number of rotatable bonds is 11. The molecule has 2 atom stereocenters. The van der Waals surface area contributed by atoms with Gasteiger partial charge in [-0.1, -0.05) is 297 Å². The number of aromatic nitrogens is 3. The van der Waals surface area contributed by atoms with Crippen LogP contribution < -0.4 is 41.5 Å². The van der Waals surface area contributed by atoms with Crippen molar-refractivity contribution in [3.63, 3.8) is 0 Å². The van der Waals surface area contributed by atoms with E-state index >= 15 is 0 Å². The molecule has 3 aliphatic carbocycles. The molecule has 0 spiro atoms. The number of benzene rings is 11. The monoisotopic (exact) mass is 1010 g/mol. The molecule has 1 heterocycles. The van der Waals surface area contributed by atoms with Gasteiger partial charge in [0.25, 0.3) is 0 Å². The van der Waals surface area contributed by atoms with E-state index in [1.807, 2.05) is 54.6 Å². The van der Waals surface area contributed by atoms with E-state index in [0.717, 1.165) is 60.1 Å². The Morgan fingerprint density at radius 3 is 1.24 bits per heavy atom. The van der Waals surface area contributed by atoms with Crippen molar-refractivity contribution in [2.24, 2.45) is 0 Å². The Morgan fingerprint density at radius 1 is 0.289 bits per heavy atom. The topological polar surface area (TPSA) is 38.7 Å². The third-order valence-corrected chi connectivity index (χ3v) is 25.3. The molecule has 12 aromatic rings. The quantitative estimate of drug-likeness (QED) is 0.0957. The lowest BCUT2D eigenvalue weighted by atomic mass is 9.60. The number of hydrogen-bond donors (Lipinski definition) is 0. The van der Waals surface area contributed by atoms with Crippen LogP contribution in [0.25, 0.3) is 34.2 Å². The summed E-state index contributed by atoms with van der Waals surface area (Å²) in [5.74, 6) is 1.08. The first kappa shape index (κ1) is 40.3. The van der Waals surface area contributed by atoms with E-state index in [2.05, 4.69) is 212 Å². The Morgan fingerprint density at radius 2 is 0.684 bits per heavy atom. The van der Waals surface area contributed by atoms with E-state index in [0.29, 0.717) is 22.7 Å². The molecular formula is C71H51N3Si2. The van der Waals surface area contributed by atoms with Gasteiger partial charge < -0.3 is 0 Å². The third-order valence-electron chi connectivity index (χ3n) is 15.9. The fourth-order valence-corrected chi connectivity index (χ4v) is 22.4. The Hall–Kier alpha value is -9.14. The third kappa shape index (κ3) is 7.19. The van der Waals surface area contributed by atoms with Gasteiger partial charge in [0.2, 0.25) is 0 Å². The fraction of sp³-hybridized carbons (Fsp3) is 0.0282. The zero-order valence-corrected chi connectivity index (χ0v) is 43.4. The minimum atomic E-state index is -3.87. The van der Waals surface area contributed by atoms with Gasteiger partial charge in [-0.15, -0.1) is 0 Å². The second-order valence-corrected chi connectivity index (χ2v) is 27.2. The first-order valence-electron chi connectivity index (χ1n) is 28.4. The summed E-state index contributed by atoms with van der Waals surface area (Å²) in [7, 11) is -6.82. The molecule has 15 rings (SSSR count). The molecule has 0 saturated heterocycles. The second-order valence-electron chi connectivity index (χ2n) is 19.7. The maximum Gasteiger partial charge on any atom is 0.179 e. The smallest absolute Gasteiger partial charge is 0.179 e. The van der Waals surface area contributed by atoms with Gasteiger partial charge in [0.05, 0.1) is 6.85 Å². The van der Waals surface area contributed by atoms with Crippen LogP contribution in [-0.4, -0.2) is 31.1 Å². The Bertz CT molecular complexity index is 4200. The van der Waals surface area contributed by atoms with Crippen molar-refractivity contribution in [3.05, 3.63) is 331 Å². The van der Waals surface area contributed by atoms with E-state index in [1.54, 1.807) is 0 Å². The summed E-state index contributed by atoms with van der Waals surface area (Å²) in [6.07, 6.45) is 0. The van der Waals surface area contributed by atoms with E-state index in [1.165, 1.54) is 26.3 Å². The van der Waals surface area contributed by atoms with Gasteiger partial charge in [0.1, 0.15) is 0 Å². The molecule has 3 aliphatic rings. The molecular weight excluding hydrogens is 951 g/mol. The summed E-state index contributed by atoms with van der Waals surface area (Å²) in [5, 5.41) is 8.15. The lowest BCUT2D eigenvalue weighted by molar-refractivity contribution is 0.758. The van der Waals surface area contributed by atoms with Crippen LogP contribution in [0.2, 0.25) is 0 Å². The SMILES string of the molecule is [2H]c1c([2H])c([2H])c([Si](c2ccccc2)(c2ccccc2)c2cccc3c2C2c4ccccc4C3c3cccc(-c4nc(-c5ccccc5)nc(-c5cccc([Si](c6ccccc6)(c6ccccc6)c6ccccc6)c5)n4)c32)c([2H])c1[2H]. The first-order valence-corrected chi connectivity index (χ1v) is 29.9. The molecule has 0 aliphatic heterocycles. The summed E-state index contributed by atoms with van der Waals surface area (Å²) in [6, 6.07) is 92.4. The van der Waals surface area contributed by atoms with E-state index in [9.17, 15) is 5.48 Å². The van der Waals surface area contributed by atoms with Crippen LogP contribution in [0, 0.1) is 0 Å². The van der Waals surface area contributed by atoms with E-state index in [4.69, 9.17) is 16.3 Å². The highest BCUT2D eigenvalue weighted by molar-refractivity contribution is 7.20. The van der Waals surface area contributed by atoms with Crippen LogP contribution >= 0.6 is 0 Å². The van der Waals surface area contributed by atoms with Crippen LogP contribution in [0.15, 0.2) is 297 Å². The molecule has 0 amide bonds. The van der Waals surface area contributed by atoms with Gasteiger partial charge in [0.15, 0.2) is 33.6 Å². The number of hydrogen-bond acceptors (Lipinski definition) is 3. The van der Waals surface area contributed by atoms with Crippen LogP contribution in [0.5, 0.6) is 0 Å². The molecule has 1 aromatic heterocycles. The Kier molecular flexibility index (Phi) is 10.1. The van der Waals surface area contributed by atoms with E-state index < -0.39 is 22.2 Å². The summed E-state index contributed by atoms with van der Waals surface area (Å²) in [4.78, 5) is 16.4. The summed E-state index contributed by atoms with van der Waals surface area (Å²) < 4.78 is 47.0. The van der Waals surface area contributed by atoms with Gasteiger partial charge in [-0.05, 0) is 74.9 Å². The van der Waals surface area contributed by atoms with Crippen molar-refractivity contribution in [1.29, 1.82) is 0 Å². The van der Waals surface area contributed by atoms with Gasteiger partial charge in [-0.25, -0.2) is 15.0 Å². The predicted octanol–water partition coefficient (Wildman–Crippen LogP) is 10.6. The molecule has 0 fully saturated rings. The van der Waals surface area contributed by atoms with Crippen molar-refractivity contribution in [3.8, 4) is 34.2 Å². The Balaban J connectivity index is 1.04. The molecule has 3 nitrogen and oxygen atoms in total. The summed E-state index contributed by atoms with van der Waals surface area (Å²) in [5.41, 5.74) is 9.45. The molecule has 0 N–H and O–H groups in total. The average Bonchev–Trinajstić information content (AvgIpc) is 3.61. The molecule has 2 unspecified atom stereocenters. The zero-order chi connectivity index (χ0) is 54.8. The molecule has 11 aromatic carbocycles. The van der Waals surface area contributed by atoms with E-state index in [-0.39, 0.29) is 36.0 Å². The van der Waals surface area contributed by atoms with Gasteiger partial charge in [-0.2, -0.15) is 0 Å². The molecule has 0 radical (unpaired) electrons. The van der Waals surface area contributed by atoms with Crippen molar-refractivity contribution >= 4 is 57.6 Å². The minimum absolute atomic E-state index is 0.188. The van der Waals surface area contributed by atoms with Crippen molar-refractivity contribution in [2.45, 2.75) is 11.8 Å². The van der Waals surface area contributed by atoms with Crippen molar-refractivity contribution in [2.75, 3.05) is 0 Å². The molecule has 0 saturated carbocycles. The Labute approximate surface area is 453 Å². The second kappa shape index (κ2) is 19.0. The van der Waals surface area contributed by atoms with Crippen molar-refractivity contribution in [1.82, 2.24) is 15.0 Å². The average molecular weight is 1010 g/mol. The van der Waals surface area contributed by atoms with Gasteiger partial charge in [-0.3, -0.25) is 0 Å². The summed E-state index contributed by atoms with van der Waals surface area (Å²) >= 11 is 0. The maximum atomic E-state index is 9.87. The lowest BCUT2D eigenvalue weighted by Gasteiger charge is -2.46. The van der Waals surface area contributed by atoms with Crippen LogP contribution in [0.4, 0.5) is 0 Å². The lowest BCUT2D eigenvalue weighted by Crippen LogP contribution is -2.75. The summed E-state index contributed by atoms with van der Waals surface area (Å²) in [6.45, 7) is 0. The zero-order valence-electron chi connectivity index (χ0n) is 46.4. The first-order chi connectivity index (χ1) is 39.8. The van der Waals surface area contributed by atoms with Crippen LogP contribution in [-0.2, 0) is 0 Å². The van der Waals surface area contributed by atoms with Gasteiger partial charge >= 0.3 is 0 Å². The highest BCUT2D eigenvalue weighted by Gasteiger charge is 2.50.